The second kappa shape index (κ2) is 9.20. The van der Waals surface area contributed by atoms with E-state index in [0.717, 1.165) is 18.7 Å². The van der Waals surface area contributed by atoms with Crippen molar-refractivity contribution >= 4 is 29.9 Å². The lowest BCUT2D eigenvalue weighted by atomic mass is 9.95. The Bertz CT molecular complexity index is 696. The van der Waals surface area contributed by atoms with Gasteiger partial charge < -0.3 is 11.1 Å². The molecule has 25 heavy (non-hydrogen) atoms. The van der Waals surface area contributed by atoms with Crippen molar-refractivity contribution in [2.45, 2.75) is 18.5 Å². The van der Waals surface area contributed by atoms with E-state index in [0.29, 0.717) is 18.1 Å². The van der Waals surface area contributed by atoms with E-state index in [4.69, 9.17) is 17.3 Å². The van der Waals surface area contributed by atoms with Gasteiger partial charge in [-0.1, -0.05) is 54.1 Å². The van der Waals surface area contributed by atoms with Crippen LogP contribution in [0, 0.1) is 0 Å². The van der Waals surface area contributed by atoms with Gasteiger partial charge in [0, 0.05) is 36.6 Å². The molecule has 6 heteroatoms. The minimum Gasteiger partial charge on any atom is -0.351 e. The largest absolute Gasteiger partial charge is 0.351 e. The average Bonchev–Trinajstić information content (AvgIpc) is 2.94. The number of hydrogen-bond donors (Lipinski definition) is 2. The Morgan fingerprint density at radius 2 is 1.92 bits per heavy atom. The molecule has 3 N–H and O–H groups in total. The Morgan fingerprint density at radius 1 is 1.16 bits per heavy atom. The molecule has 0 aliphatic carbocycles. The first-order valence-electron chi connectivity index (χ1n) is 8.16. The molecular weight excluding hydrogens is 357 g/mol. The van der Waals surface area contributed by atoms with E-state index in [9.17, 15) is 4.79 Å². The van der Waals surface area contributed by atoms with Crippen molar-refractivity contribution in [1.82, 2.24) is 10.2 Å². The lowest BCUT2D eigenvalue weighted by molar-refractivity contribution is -0.122. The van der Waals surface area contributed by atoms with Gasteiger partial charge in [-0.15, -0.1) is 12.4 Å². The smallest absolute Gasteiger partial charge is 0.234 e. The van der Waals surface area contributed by atoms with Gasteiger partial charge >= 0.3 is 0 Å². The van der Waals surface area contributed by atoms with Crippen LogP contribution < -0.4 is 11.1 Å². The Balaban J connectivity index is 0.00000225. The summed E-state index contributed by atoms with van der Waals surface area (Å²) in [6.07, 6.45) is 0. The highest BCUT2D eigenvalue weighted by atomic mass is 35.5. The van der Waals surface area contributed by atoms with Crippen LogP contribution in [0.1, 0.15) is 17.0 Å². The monoisotopic (exact) mass is 379 g/mol. The average molecular weight is 380 g/mol. The van der Waals surface area contributed by atoms with E-state index in [1.807, 2.05) is 42.5 Å². The summed E-state index contributed by atoms with van der Waals surface area (Å²) in [7, 11) is 0. The van der Waals surface area contributed by atoms with Gasteiger partial charge in [0.25, 0.3) is 0 Å². The normalized spacial score (nSPS) is 20.1. The number of halogens is 2. The molecule has 4 nitrogen and oxygen atoms in total. The summed E-state index contributed by atoms with van der Waals surface area (Å²) in [6.45, 7) is 2.42. The van der Waals surface area contributed by atoms with Gasteiger partial charge in [0.1, 0.15) is 0 Å². The van der Waals surface area contributed by atoms with E-state index < -0.39 is 0 Å². The predicted octanol–water partition coefficient (Wildman–Crippen LogP) is 2.80. The van der Waals surface area contributed by atoms with Crippen molar-refractivity contribution in [3.63, 3.8) is 0 Å². The van der Waals surface area contributed by atoms with E-state index in [1.54, 1.807) is 0 Å². The quantitative estimate of drug-likeness (QED) is 0.839. The molecule has 2 aromatic carbocycles. The summed E-state index contributed by atoms with van der Waals surface area (Å²) < 4.78 is 0. The van der Waals surface area contributed by atoms with Crippen LogP contribution in [0.5, 0.6) is 0 Å². The summed E-state index contributed by atoms with van der Waals surface area (Å²) in [5, 5.41) is 3.62. The van der Waals surface area contributed by atoms with Crippen LogP contribution in [-0.2, 0) is 11.3 Å². The molecule has 1 aliphatic rings. The first-order chi connectivity index (χ1) is 11.6. The second-order valence-corrected chi connectivity index (χ2v) is 6.72. The van der Waals surface area contributed by atoms with Gasteiger partial charge in [0.05, 0.1) is 6.54 Å². The SMILES string of the molecule is Cl.N[C@@H]1CN(CC(=O)NCc2cccc(Cl)c2)C[C@H]1c1ccccc1. The van der Waals surface area contributed by atoms with Crippen LogP contribution in [0.25, 0.3) is 0 Å². The van der Waals surface area contributed by atoms with E-state index >= 15 is 0 Å². The highest BCUT2D eigenvalue weighted by Gasteiger charge is 2.31. The number of carbonyl (C=O) groups excluding carboxylic acids is 1. The standard InChI is InChI=1S/C19H22ClN3O.ClH/c20-16-8-4-5-14(9-16)10-22-19(24)13-23-11-17(18(21)12-23)15-6-2-1-3-7-15;/h1-9,17-18H,10-13,21H2,(H,22,24);1H/t17-,18+;/m0./s1. The maximum atomic E-state index is 12.2. The lowest BCUT2D eigenvalue weighted by Gasteiger charge is -2.16. The summed E-state index contributed by atoms with van der Waals surface area (Å²) in [5.41, 5.74) is 8.51. The molecule has 1 heterocycles. The Kier molecular flexibility index (Phi) is 7.26. The molecule has 0 saturated carbocycles. The van der Waals surface area contributed by atoms with Gasteiger partial charge in [-0.05, 0) is 23.3 Å². The van der Waals surface area contributed by atoms with Crippen molar-refractivity contribution < 1.29 is 4.79 Å². The Morgan fingerprint density at radius 3 is 2.64 bits per heavy atom. The van der Waals surface area contributed by atoms with Crippen molar-refractivity contribution in [2.24, 2.45) is 5.73 Å². The number of nitrogens with zero attached hydrogens (tertiary/aromatic N) is 1. The molecular formula is C19H23Cl2N3O. The maximum Gasteiger partial charge on any atom is 0.234 e. The van der Waals surface area contributed by atoms with Crippen LogP contribution in [-0.4, -0.2) is 36.5 Å². The van der Waals surface area contributed by atoms with E-state index in [2.05, 4.69) is 22.3 Å². The molecule has 2 aromatic rings. The number of rotatable bonds is 5. The first kappa shape index (κ1) is 19.7. The second-order valence-electron chi connectivity index (χ2n) is 6.28. The molecule has 1 saturated heterocycles. The highest BCUT2D eigenvalue weighted by molar-refractivity contribution is 6.30. The molecule has 0 unspecified atom stereocenters. The fourth-order valence-electron chi connectivity index (χ4n) is 3.20. The van der Waals surface area contributed by atoms with Crippen LogP contribution in [0.4, 0.5) is 0 Å². The minimum atomic E-state index is 0. The minimum absolute atomic E-state index is 0. The molecule has 3 rings (SSSR count). The maximum absolute atomic E-state index is 12.2. The van der Waals surface area contributed by atoms with Crippen molar-refractivity contribution in [3.05, 3.63) is 70.7 Å². The van der Waals surface area contributed by atoms with Gasteiger partial charge in [-0.2, -0.15) is 0 Å². The third-order valence-corrected chi connectivity index (χ3v) is 4.65. The number of benzene rings is 2. The molecule has 2 atom stereocenters. The third kappa shape index (κ3) is 5.44. The number of nitrogens with one attached hydrogen (secondary N) is 1. The van der Waals surface area contributed by atoms with Crippen LogP contribution >= 0.6 is 24.0 Å². The zero-order chi connectivity index (χ0) is 16.9. The number of hydrogen-bond acceptors (Lipinski definition) is 3. The summed E-state index contributed by atoms with van der Waals surface area (Å²) in [4.78, 5) is 14.3. The summed E-state index contributed by atoms with van der Waals surface area (Å²) >= 11 is 5.95. The zero-order valence-corrected chi connectivity index (χ0v) is 15.5. The van der Waals surface area contributed by atoms with Crippen molar-refractivity contribution in [3.8, 4) is 0 Å². The van der Waals surface area contributed by atoms with Gasteiger partial charge in [0.15, 0.2) is 0 Å². The Hall–Kier alpha value is -1.59. The molecule has 0 aromatic heterocycles. The fourth-order valence-corrected chi connectivity index (χ4v) is 3.41. The van der Waals surface area contributed by atoms with Crippen molar-refractivity contribution in [1.29, 1.82) is 0 Å². The number of likely N-dealkylation sites (tertiary alicyclic amines) is 1. The van der Waals surface area contributed by atoms with Gasteiger partial charge in [-0.25, -0.2) is 0 Å². The molecule has 1 fully saturated rings. The fraction of sp³-hybridized carbons (Fsp3) is 0.316. The predicted molar refractivity (Wildman–Crippen MR) is 104 cm³/mol. The summed E-state index contributed by atoms with van der Waals surface area (Å²) in [6, 6.07) is 17.8. The topological polar surface area (TPSA) is 58.4 Å². The molecule has 1 amide bonds. The molecule has 1 aliphatic heterocycles. The van der Waals surface area contributed by atoms with E-state index in [-0.39, 0.29) is 30.3 Å². The Labute approximate surface area is 159 Å². The zero-order valence-electron chi connectivity index (χ0n) is 13.9. The molecule has 0 spiro atoms. The molecule has 0 radical (unpaired) electrons. The van der Waals surface area contributed by atoms with Gasteiger partial charge in [0.2, 0.25) is 5.91 Å². The molecule has 134 valence electrons. The third-order valence-electron chi connectivity index (χ3n) is 4.41. The first-order valence-corrected chi connectivity index (χ1v) is 8.53. The van der Waals surface area contributed by atoms with Gasteiger partial charge in [-0.3, -0.25) is 9.69 Å². The lowest BCUT2D eigenvalue weighted by Crippen LogP contribution is -2.37. The van der Waals surface area contributed by atoms with Crippen LogP contribution in [0.3, 0.4) is 0 Å². The molecule has 0 bridgehead atoms. The van der Waals surface area contributed by atoms with E-state index in [1.165, 1.54) is 5.56 Å². The van der Waals surface area contributed by atoms with Crippen molar-refractivity contribution in [2.75, 3.05) is 19.6 Å². The van der Waals surface area contributed by atoms with Crippen LogP contribution in [0.15, 0.2) is 54.6 Å². The highest BCUT2D eigenvalue weighted by Crippen LogP contribution is 2.25. The number of carbonyl (C=O) groups is 1. The number of amides is 1. The number of nitrogens with two attached hydrogens (primary N) is 1. The van der Waals surface area contributed by atoms with Crippen LogP contribution in [0.2, 0.25) is 5.02 Å². The summed E-state index contributed by atoms with van der Waals surface area (Å²) in [5.74, 6) is 0.294.